The molecule has 0 radical (unpaired) electrons. The van der Waals surface area contributed by atoms with E-state index in [-0.39, 0.29) is 6.10 Å². The molecule has 1 N–H and O–H groups in total. The van der Waals surface area contributed by atoms with E-state index in [4.69, 9.17) is 4.74 Å². The quantitative estimate of drug-likeness (QED) is 0.917. The van der Waals surface area contributed by atoms with Crippen LogP contribution in [0.25, 0.3) is 0 Å². The molecule has 1 fully saturated rings. The summed E-state index contributed by atoms with van der Waals surface area (Å²) in [5.41, 5.74) is 2.45. The Bertz CT molecular complexity index is 618. The molecule has 1 aliphatic heterocycles. The highest BCUT2D eigenvalue weighted by atomic mass is 16.5. The molecule has 3 rings (SSSR count). The highest BCUT2D eigenvalue weighted by Gasteiger charge is 2.30. The zero-order valence-electron chi connectivity index (χ0n) is 13.6. The predicted octanol–water partition coefficient (Wildman–Crippen LogP) is 1.95. The number of rotatable bonds is 5. The SMILES string of the molecule is CCn1ccnc1[C@H]1OCCC[C@@H]1NCc1cnn(C)c1C. The van der Waals surface area contributed by atoms with E-state index in [1.165, 1.54) is 11.3 Å². The van der Waals surface area contributed by atoms with Crippen molar-refractivity contribution in [3.8, 4) is 0 Å². The second-order valence-corrected chi connectivity index (χ2v) is 5.87. The highest BCUT2D eigenvalue weighted by Crippen LogP contribution is 2.27. The van der Waals surface area contributed by atoms with Crippen molar-refractivity contribution in [2.45, 2.75) is 51.9 Å². The second-order valence-electron chi connectivity index (χ2n) is 5.87. The molecule has 0 spiro atoms. The minimum atomic E-state index is 0.0284. The molecule has 0 amide bonds. The minimum Gasteiger partial charge on any atom is -0.369 e. The molecule has 2 atom stereocenters. The van der Waals surface area contributed by atoms with Crippen LogP contribution in [0.15, 0.2) is 18.6 Å². The summed E-state index contributed by atoms with van der Waals surface area (Å²) in [7, 11) is 1.98. The Morgan fingerprint density at radius 1 is 1.45 bits per heavy atom. The molecule has 0 unspecified atom stereocenters. The van der Waals surface area contributed by atoms with Gasteiger partial charge in [-0.05, 0) is 26.7 Å². The molecule has 0 saturated carbocycles. The first-order valence-electron chi connectivity index (χ1n) is 8.04. The van der Waals surface area contributed by atoms with Crippen molar-refractivity contribution in [2.75, 3.05) is 6.61 Å². The monoisotopic (exact) mass is 303 g/mol. The summed E-state index contributed by atoms with van der Waals surface area (Å²) in [6.07, 6.45) is 8.05. The number of hydrogen-bond donors (Lipinski definition) is 1. The molecule has 2 aromatic heterocycles. The normalized spacial score (nSPS) is 22.1. The molecule has 0 aliphatic carbocycles. The van der Waals surface area contributed by atoms with Gasteiger partial charge in [0.25, 0.3) is 0 Å². The lowest BCUT2D eigenvalue weighted by molar-refractivity contribution is -0.0182. The lowest BCUT2D eigenvalue weighted by atomic mass is 10.0. The number of imidazole rings is 1. The van der Waals surface area contributed by atoms with Gasteiger partial charge in [-0.25, -0.2) is 4.98 Å². The van der Waals surface area contributed by atoms with Gasteiger partial charge in [-0.15, -0.1) is 0 Å². The van der Waals surface area contributed by atoms with Crippen LogP contribution in [0.2, 0.25) is 0 Å². The van der Waals surface area contributed by atoms with E-state index in [0.717, 1.165) is 38.4 Å². The van der Waals surface area contributed by atoms with Crippen molar-refractivity contribution in [1.29, 1.82) is 0 Å². The fraction of sp³-hybridized carbons (Fsp3) is 0.625. The molecule has 0 aromatic carbocycles. The average molecular weight is 303 g/mol. The number of aromatic nitrogens is 4. The Morgan fingerprint density at radius 3 is 3.05 bits per heavy atom. The topological polar surface area (TPSA) is 56.9 Å². The van der Waals surface area contributed by atoms with Gasteiger partial charge in [-0.1, -0.05) is 0 Å². The molecular weight excluding hydrogens is 278 g/mol. The van der Waals surface area contributed by atoms with E-state index < -0.39 is 0 Å². The van der Waals surface area contributed by atoms with Crippen LogP contribution in [0.1, 0.15) is 43.0 Å². The van der Waals surface area contributed by atoms with Crippen LogP contribution in [0.3, 0.4) is 0 Å². The smallest absolute Gasteiger partial charge is 0.139 e. The third-order valence-corrected chi connectivity index (χ3v) is 4.56. The molecule has 22 heavy (non-hydrogen) atoms. The Kier molecular flexibility index (Phi) is 4.59. The van der Waals surface area contributed by atoms with Crippen molar-refractivity contribution in [2.24, 2.45) is 7.05 Å². The van der Waals surface area contributed by atoms with Crippen LogP contribution < -0.4 is 5.32 Å². The Hall–Kier alpha value is -1.66. The Morgan fingerprint density at radius 2 is 2.32 bits per heavy atom. The molecule has 0 bridgehead atoms. The van der Waals surface area contributed by atoms with Crippen LogP contribution >= 0.6 is 0 Å². The Labute approximate surface area is 131 Å². The van der Waals surface area contributed by atoms with E-state index in [1.807, 2.05) is 30.3 Å². The summed E-state index contributed by atoms with van der Waals surface area (Å²) in [6.45, 7) is 6.78. The van der Waals surface area contributed by atoms with Crippen LogP contribution in [0, 0.1) is 6.92 Å². The minimum absolute atomic E-state index is 0.0284. The summed E-state index contributed by atoms with van der Waals surface area (Å²) in [5, 5.41) is 7.96. The van der Waals surface area contributed by atoms with E-state index in [0.29, 0.717) is 6.04 Å². The van der Waals surface area contributed by atoms with E-state index in [1.54, 1.807) is 0 Å². The van der Waals surface area contributed by atoms with Crippen LogP contribution in [-0.2, 0) is 24.9 Å². The van der Waals surface area contributed by atoms with Crippen molar-refractivity contribution < 1.29 is 4.74 Å². The van der Waals surface area contributed by atoms with Gasteiger partial charge in [0.2, 0.25) is 0 Å². The molecule has 1 aliphatic rings. The van der Waals surface area contributed by atoms with Crippen molar-refractivity contribution in [3.63, 3.8) is 0 Å². The van der Waals surface area contributed by atoms with Gasteiger partial charge >= 0.3 is 0 Å². The molecule has 1 saturated heterocycles. The van der Waals surface area contributed by atoms with Crippen LogP contribution in [0.4, 0.5) is 0 Å². The lowest BCUT2D eigenvalue weighted by Crippen LogP contribution is -2.40. The maximum atomic E-state index is 6.03. The zero-order valence-corrected chi connectivity index (χ0v) is 13.6. The maximum absolute atomic E-state index is 6.03. The number of nitrogens with one attached hydrogen (secondary N) is 1. The third-order valence-electron chi connectivity index (χ3n) is 4.56. The van der Waals surface area contributed by atoms with E-state index in [9.17, 15) is 0 Å². The number of nitrogens with zero attached hydrogens (tertiary/aromatic N) is 4. The van der Waals surface area contributed by atoms with Gasteiger partial charge in [0.15, 0.2) is 0 Å². The first-order chi connectivity index (χ1) is 10.7. The van der Waals surface area contributed by atoms with Gasteiger partial charge in [0, 0.05) is 56.4 Å². The van der Waals surface area contributed by atoms with Gasteiger partial charge in [-0.2, -0.15) is 5.10 Å². The summed E-state index contributed by atoms with van der Waals surface area (Å²) in [6, 6.07) is 0.293. The van der Waals surface area contributed by atoms with E-state index >= 15 is 0 Å². The number of ether oxygens (including phenoxy) is 1. The van der Waals surface area contributed by atoms with Crippen LogP contribution in [-0.4, -0.2) is 32.0 Å². The first kappa shape index (κ1) is 15.2. The zero-order chi connectivity index (χ0) is 15.5. The summed E-state index contributed by atoms with van der Waals surface area (Å²) in [4.78, 5) is 4.52. The predicted molar refractivity (Wildman–Crippen MR) is 84.4 cm³/mol. The highest BCUT2D eigenvalue weighted by molar-refractivity contribution is 5.16. The molecule has 3 heterocycles. The number of hydrogen-bond acceptors (Lipinski definition) is 4. The molecule has 6 nitrogen and oxygen atoms in total. The van der Waals surface area contributed by atoms with Gasteiger partial charge in [-0.3, -0.25) is 4.68 Å². The average Bonchev–Trinajstić information content (AvgIpc) is 3.14. The number of aryl methyl sites for hydroxylation is 2. The van der Waals surface area contributed by atoms with Crippen LogP contribution in [0.5, 0.6) is 0 Å². The molecule has 120 valence electrons. The molecule has 2 aromatic rings. The largest absolute Gasteiger partial charge is 0.369 e. The molecule has 6 heteroatoms. The maximum Gasteiger partial charge on any atom is 0.139 e. The summed E-state index contributed by atoms with van der Waals surface area (Å²) >= 11 is 0. The first-order valence-corrected chi connectivity index (χ1v) is 8.04. The second kappa shape index (κ2) is 6.62. The lowest BCUT2D eigenvalue weighted by Gasteiger charge is -2.32. The standard InChI is InChI=1S/C16H25N5O/c1-4-21-8-7-17-16(21)15-14(6-5-9-22-15)18-10-13-11-19-20(3)12(13)2/h7-8,11,14-15,18H,4-6,9-10H2,1-3H3/t14-,15-/m0/s1. The fourth-order valence-corrected chi connectivity index (χ4v) is 3.05. The Balaban J connectivity index is 1.71. The molecular formula is C16H25N5O. The van der Waals surface area contributed by atoms with Crippen molar-refractivity contribution >= 4 is 0 Å². The van der Waals surface area contributed by atoms with Gasteiger partial charge in [0.1, 0.15) is 11.9 Å². The van der Waals surface area contributed by atoms with Gasteiger partial charge < -0.3 is 14.6 Å². The van der Waals surface area contributed by atoms with Crippen molar-refractivity contribution in [1.82, 2.24) is 24.6 Å². The van der Waals surface area contributed by atoms with Crippen molar-refractivity contribution in [3.05, 3.63) is 35.7 Å². The third kappa shape index (κ3) is 2.94. The summed E-state index contributed by atoms with van der Waals surface area (Å²) in [5.74, 6) is 1.03. The van der Waals surface area contributed by atoms with E-state index in [2.05, 4.69) is 33.8 Å². The fourth-order valence-electron chi connectivity index (χ4n) is 3.05. The van der Waals surface area contributed by atoms with Gasteiger partial charge in [0.05, 0.1) is 6.20 Å². The summed E-state index contributed by atoms with van der Waals surface area (Å²) < 4.78 is 10.1.